The highest BCUT2D eigenvalue weighted by molar-refractivity contribution is 7.90. The average Bonchev–Trinajstić information content (AvgIpc) is 2.96. The molecule has 0 amide bonds. The first-order chi connectivity index (χ1) is 9.52. The molecule has 1 fully saturated rings. The van der Waals surface area contributed by atoms with Gasteiger partial charge in [0, 0.05) is 5.69 Å². The van der Waals surface area contributed by atoms with Gasteiger partial charge < -0.3 is 10.2 Å². The van der Waals surface area contributed by atoms with Crippen LogP contribution in [0.3, 0.4) is 0 Å². The van der Waals surface area contributed by atoms with Gasteiger partial charge in [-0.1, -0.05) is 12.8 Å². The molecule has 0 bridgehead atoms. The van der Waals surface area contributed by atoms with Gasteiger partial charge in [-0.3, -0.25) is 0 Å². The Bertz CT molecular complexity index is 715. The van der Waals surface area contributed by atoms with Crippen molar-refractivity contribution in [3.05, 3.63) is 24.1 Å². The molecule has 1 aromatic heterocycles. The van der Waals surface area contributed by atoms with Gasteiger partial charge in [-0.25, -0.2) is 13.4 Å². The topological polar surface area (TPSA) is 86.2 Å². The maximum absolute atomic E-state index is 12.2. The van der Waals surface area contributed by atoms with E-state index in [0.717, 1.165) is 25.7 Å². The van der Waals surface area contributed by atoms with E-state index in [1.807, 2.05) is 0 Å². The zero-order valence-electron chi connectivity index (χ0n) is 11.2. The fourth-order valence-corrected chi connectivity index (χ4v) is 4.51. The third-order valence-corrected chi connectivity index (χ3v) is 5.43. The summed E-state index contributed by atoms with van der Waals surface area (Å²) < 4.78 is 29.8. The van der Waals surface area contributed by atoms with Gasteiger partial charge in [0.15, 0.2) is 15.4 Å². The zero-order valence-corrected chi connectivity index (χ0v) is 12.0. The van der Waals surface area contributed by atoms with Gasteiger partial charge in [-0.15, -0.1) is 0 Å². The lowest BCUT2D eigenvalue weighted by molar-refractivity contribution is 0.529. The standard InChI is InChI=1S/C14H18N2O3S/c15-11-5-6-13-12(7-11)16-14(19-13)9-20(17,18)8-10-3-1-2-4-10/h5-7,10H,1-4,8-9,15H2. The van der Waals surface area contributed by atoms with Gasteiger partial charge in [0.25, 0.3) is 0 Å². The molecule has 1 aromatic carbocycles. The van der Waals surface area contributed by atoms with E-state index in [9.17, 15) is 8.42 Å². The predicted octanol–water partition coefficient (Wildman–Crippen LogP) is 2.52. The van der Waals surface area contributed by atoms with Gasteiger partial charge in [-0.05, 0) is 37.0 Å². The first-order valence-electron chi connectivity index (χ1n) is 6.87. The molecule has 108 valence electrons. The van der Waals surface area contributed by atoms with Crippen molar-refractivity contribution in [2.24, 2.45) is 5.92 Å². The molecule has 20 heavy (non-hydrogen) atoms. The van der Waals surface area contributed by atoms with Crippen molar-refractivity contribution < 1.29 is 12.8 Å². The van der Waals surface area contributed by atoms with Crippen LogP contribution in [0, 0.1) is 5.92 Å². The van der Waals surface area contributed by atoms with E-state index in [1.54, 1.807) is 18.2 Å². The van der Waals surface area contributed by atoms with Crippen LogP contribution < -0.4 is 5.73 Å². The van der Waals surface area contributed by atoms with Gasteiger partial charge in [-0.2, -0.15) is 0 Å². The first kappa shape index (κ1) is 13.4. The fourth-order valence-electron chi connectivity index (χ4n) is 2.84. The number of fused-ring (bicyclic) bond motifs is 1. The summed E-state index contributed by atoms with van der Waals surface area (Å²) in [5, 5.41) is 0. The lowest BCUT2D eigenvalue weighted by Crippen LogP contribution is -2.15. The van der Waals surface area contributed by atoms with Crippen molar-refractivity contribution in [1.82, 2.24) is 4.98 Å². The maximum Gasteiger partial charge on any atom is 0.210 e. The molecule has 5 nitrogen and oxygen atoms in total. The molecule has 1 heterocycles. The van der Waals surface area contributed by atoms with Crippen LogP contribution in [-0.2, 0) is 15.6 Å². The Balaban J connectivity index is 1.77. The van der Waals surface area contributed by atoms with Crippen LogP contribution in [-0.4, -0.2) is 19.2 Å². The third-order valence-electron chi connectivity index (χ3n) is 3.76. The number of aromatic nitrogens is 1. The minimum Gasteiger partial charge on any atom is -0.440 e. The molecule has 6 heteroatoms. The Morgan fingerprint density at radius 2 is 2.05 bits per heavy atom. The largest absolute Gasteiger partial charge is 0.440 e. The molecule has 2 N–H and O–H groups in total. The smallest absolute Gasteiger partial charge is 0.210 e. The summed E-state index contributed by atoms with van der Waals surface area (Å²) >= 11 is 0. The van der Waals surface area contributed by atoms with E-state index in [2.05, 4.69) is 4.98 Å². The summed E-state index contributed by atoms with van der Waals surface area (Å²) in [6.07, 6.45) is 4.32. The number of anilines is 1. The van der Waals surface area contributed by atoms with Gasteiger partial charge in [0.1, 0.15) is 11.3 Å². The van der Waals surface area contributed by atoms with Crippen molar-refractivity contribution in [3.63, 3.8) is 0 Å². The summed E-state index contributed by atoms with van der Waals surface area (Å²) in [6, 6.07) is 5.11. The summed E-state index contributed by atoms with van der Waals surface area (Å²) in [5.74, 6) is 0.676. The molecule has 0 unspecified atom stereocenters. The van der Waals surface area contributed by atoms with Crippen molar-refractivity contribution in [2.45, 2.75) is 31.4 Å². The molecule has 0 spiro atoms. The summed E-state index contributed by atoms with van der Waals surface area (Å²) in [7, 11) is -3.16. The molecule has 0 atom stereocenters. The number of rotatable bonds is 4. The Morgan fingerprint density at radius 1 is 1.30 bits per heavy atom. The second-order valence-electron chi connectivity index (χ2n) is 5.54. The molecule has 0 aliphatic heterocycles. The van der Waals surface area contributed by atoms with Crippen molar-refractivity contribution in [1.29, 1.82) is 0 Å². The van der Waals surface area contributed by atoms with E-state index in [4.69, 9.17) is 10.2 Å². The van der Waals surface area contributed by atoms with Crippen molar-refractivity contribution >= 4 is 26.6 Å². The van der Waals surface area contributed by atoms with Crippen LogP contribution in [0.25, 0.3) is 11.1 Å². The average molecular weight is 294 g/mol. The Kier molecular flexibility index (Phi) is 3.41. The number of nitrogens with two attached hydrogens (primary N) is 1. The number of nitrogens with zero attached hydrogens (tertiary/aromatic N) is 1. The number of sulfone groups is 1. The lowest BCUT2D eigenvalue weighted by Gasteiger charge is -2.07. The summed E-state index contributed by atoms with van der Waals surface area (Å²) in [6.45, 7) is 0. The molecule has 1 saturated carbocycles. The van der Waals surface area contributed by atoms with Crippen LogP contribution >= 0.6 is 0 Å². The minimum absolute atomic E-state index is 0.127. The number of hydrogen-bond donors (Lipinski definition) is 1. The minimum atomic E-state index is -3.16. The highest BCUT2D eigenvalue weighted by atomic mass is 32.2. The second-order valence-corrected chi connectivity index (χ2v) is 7.65. The van der Waals surface area contributed by atoms with Gasteiger partial charge >= 0.3 is 0 Å². The molecule has 3 rings (SSSR count). The fraction of sp³-hybridized carbons (Fsp3) is 0.500. The van der Waals surface area contributed by atoms with Crippen molar-refractivity contribution in [3.8, 4) is 0 Å². The predicted molar refractivity (Wildman–Crippen MR) is 77.9 cm³/mol. The SMILES string of the molecule is Nc1ccc2oc(CS(=O)(=O)CC3CCCC3)nc2c1. The molecular weight excluding hydrogens is 276 g/mol. The van der Waals surface area contributed by atoms with Crippen LogP contribution in [0.15, 0.2) is 22.6 Å². The van der Waals surface area contributed by atoms with Gasteiger partial charge in [0.2, 0.25) is 5.89 Å². The van der Waals surface area contributed by atoms with E-state index in [-0.39, 0.29) is 17.4 Å². The number of oxazole rings is 1. The second kappa shape index (κ2) is 5.09. The van der Waals surface area contributed by atoms with Crippen LogP contribution in [0.4, 0.5) is 5.69 Å². The maximum atomic E-state index is 12.2. The Labute approximate surface area is 118 Å². The van der Waals surface area contributed by atoms with Crippen LogP contribution in [0.1, 0.15) is 31.6 Å². The van der Waals surface area contributed by atoms with E-state index < -0.39 is 9.84 Å². The quantitative estimate of drug-likeness (QED) is 0.876. The monoisotopic (exact) mass is 294 g/mol. The molecule has 1 aliphatic carbocycles. The Hall–Kier alpha value is -1.56. The normalized spacial score (nSPS) is 17.0. The molecular formula is C14H18N2O3S. The summed E-state index contributed by atoms with van der Waals surface area (Å²) in [4.78, 5) is 4.21. The Morgan fingerprint density at radius 3 is 2.80 bits per heavy atom. The van der Waals surface area contributed by atoms with Crippen molar-refractivity contribution in [2.75, 3.05) is 11.5 Å². The van der Waals surface area contributed by atoms with Crippen LogP contribution in [0.2, 0.25) is 0 Å². The van der Waals surface area contributed by atoms with Crippen LogP contribution in [0.5, 0.6) is 0 Å². The molecule has 1 aliphatic rings. The zero-order chi connectivity index (χ0) is 14.2. The number of benzene rings is 1. The van der Waals surface area contributed by atoms with E-state index in [0.29, 0.717) is 22.7 Å². The summed E-state index contributed by atoms with van der Waals surface area (Å²) in [5.41, 5.74) is 7.44. The first-order valence-corrected chi connectivity index (χ1v) is 8.69. The molecule has 0 saturated heterocycles. The molecule has 2 aromatic rings. The molecule has 0 radical (unpaired) electrons. The van der Waals surface area contributed by atoms with E-state index >= 15 is 0 Å². The lowest BCUT2D eigenvalue weighted by atomic mass is 10.1. The third kappa shape index (κ3) is 2.95. The highest BCUT2D eigenvalue weighted by Crippen LogP contribution is 2.27. The van der Waals surface area contributed by atoms with Gasteiger partial charge in [0.05, 0.1) is 5.75 Å². The number of nitrogen functional groups attached to an aromatic ring is 1. The number of hydrogen-bond acceptors (Lipinski definition) is 5. The van der Waals surface area contributed by atoms with E-state index in [1.165, 1.54) is 0 Å². The highest BCUT2D eigenvalue weighted by Gasteiger charge is 2.24.